The molecule has 0 spiro atoms. The molecule has 1 atom stereocenters. The smallest absolute Gasteiger partial charge is 0.321 e. The molecule has 4 nitrogen and oxygen atoms in total. The normalized spacial score (nSPS) is 17.5. The van der Waals surface area contributed by atoms with Crippen molar-refractivity contribution in [2.24, 2.45) is 5.92 Å². The molecule has 0 saturated carbocycles. The fraction of sp³-hybridized carbons (Fsp3) is 0.292. The third-order valence-electron chi connectivity index (χ3n) is 4.92. The van der Waals surface area contributed by atoms with E-state index < -0.39 is 11.9 Å². The summed E-state index contributed by atoms with van der Waals surface area (Å²) < 4.78 is 5.09. The molecule has 0 fully saturated rings. The number of carbonyl (C=O) groups is 3. The molecule has 28 heavy (non-hydrogen) atoms. The highest BCUT2D eigenvalue weighted by atomic mass is 16.5. The first-order valence-electron chi connectivity index (χ1n) is 9.72. The van der Waals surface area contributed by atoms with Crippen LogP contribution in [0, 0.1) is 5.92 Å². The Labute approximate surface area is 165 Å². The number of aryl methyl sites for hydroxylation is 1. The molecular formula is C24H24O4. The second-order valence-electron chi connectivity index (χ2n) is 6.87. The van der Waals surface area contributed by atoms with Gasteiger partial charge in [-0.05, 0) is 37.0 Å². The Balaban J connectivity index is 2.02. The summed E-state index contributed by atoms with van der Waals surface area (Å²) >= 11 is 0. The van der Waals surface area contributed by atoms with Crippen molar-refractivity contribution in [1.29, 1.82) is 0 Å². The lowest BCUT2D eigenvalue weighted by Crippen LogP contribution is -2.36. The van der Waals surface area contributed by atoms with Crippen molar-refractivity contribution in [2.75, 3.05) is 6.61 Å². The van der Waals surface area contributed by atoms with Crippen LogP contribution in [-0.2, 0) is 16.0 Å². The molecule has 2 aromatic carbocycles. The lowest BCUT2D eigenvalue weighted by atomic mass is 9.77. The van der Waals surface area contributed by atoms with Crippen LogP contribution in [0.25, 0.3) is 6.08 Å². The van der Waals surface area contributed by atoms with Gasteiger partial charge in [0.05, 0.1) is 6.61 Å². The average Bonchev–Trinajstić information content (AvgIpc) is 2.71. The Bertz CT molecular complexity index is 922. The van der Waals surface area contributed by atoms with Gasteiger partial charge in [-0.2, -0.15) is 0 Å². The van der Waals surface area contributed by atoms with Gasteiger partial charge in [-0.1, -0.05) is 61.9 Å². The second-order valence-corrected chi connectivity index (χ2v) is 6.87. The molecule has 0 amide bonds. The standard InChI is InChI=1S/C24H24O4/c1-3-5-8-16-11-13-17(14-12-16)15-20-21(24(27)28-4-2)23(26)19-10-7-6-9-18(19)22(20)25/h6-7,9-15,21H,3-5,8H2,1-2H3/b20-15-/t21-/m1/s1. The van der Waals surface area contributed by atoms with E-state index in [-0.39, 0.29) is 29.3 Å². The van der Waals surface area contributed by atoms with E-state index in [0.29, 0.717) is 5.56 Å². The van der Waals surface area contributed by atoms with Gasteiger partial charge in [-0.15, -0.1) is 0 Å². The zero-order chi connectivity index (χ0) is 20.1. The summed E-state index contributed by atoms with van der Waals surface area (Å²) in [7, 11) is 0. The van der Waals surface area contributed by atoms with Crippen molar-refractivity contribution >= 4 is 23.6 Å². The van der Waals surface area contributed by atoms with Crippen LogP contribution in [0.5, 0.6) is 0 Å². The molecule has 0 aromatic heterocycles. The van der Waals surface area contributed by atoms with E-state index in [9.17, 15) is 14.4 Å². The van der Waals surface area contributed by atoms with Gasteiger partial charge in [0.15, 0.2) is 11.6 Å². The molecule has 1 aliphatic rings. The summed E-state index contributed by atoms with van der Waals surface area (Å²) in [5, 5.41) is 0. The Morgan fingerprint density at radius 3 is 2.32 bits per heavy atom. The number of esters is 1. The Morgan fingerprint density at radius 2 is 1.68 bits per heavy atom. The van der Waals surface area contributed by atoms with Crippen LogP contribution >= 0.6 is 0 Å². The van der Waals surface area contributed by atoms with Gasteiger partial charge in [-0.25, -0.2) is 0 Å². The van der Waals surface area contributed by atoms with Gasteiger partial charge in [0.25, 0.3) is 0 Å². The predicted octanol–water partition coefficient (Wildman–Crippen LogP) is 4.67. The summed E-state index contributed by atoms with van der Waals surface area (Å²) in [6.45, 7) is 3.98. The Kier molecular flexibility index (Phi) is 6.19. The molecule has 0 radical (unpaired) electrons. The highest BCUT2D eigenvalue weighted by molar-refractivity contribution is 6.29. The Hall–Kier alpha value is -3.01. The molecule has 0 aliphatic heterocycles. The second kappa shape index (κ2) is 8.79. The minimum absolute atomic E-state index is 0.151. The van der Waals surface area contributed by atoms with E-state index in [4.69, 9.17) is 4.74 Å². The molecule has 0 heterocycles. The fourth-order valence-electron chi connectivity index (χ4n) is 3.43. The third-order valence-corrected chi connectivity index (χ3v) is 4.92. The van der Waals surface area contributed by atoms with E-state index in [1.54, 1.807) is 37.3 Å². The van der Waals surface area contributed by atoms with Crippen LogP contribution < -0.4 is 0 Å². The number of benzene rings is 2. The number of hydrogen-bond donors (Lipinski definition) is 0. The van der Waals surface area contributed by atoms with Crippen molar-refractivity contribution in [1.82, 2.24) is 0 Å². The molecule has 0 unspecified atom stereocenters. The van der Waals surface area contributed by atoms with Crippen LogP contribution in [0.4, 0.5) is 0 Å². The van der Waals surface area contributed by atoms with Gasteiger partial charge >= 0.3 is 5.97 Å². The minimum Gasteiger partial charge on any atom is -0.465 e. The maximum Gasteiger partial charge on any atom is 0.321 e. The molecule has 144 valence electrons. The maximum atomic E-state index is 13.1. The van der Waals surface area contributed by atoms with Crippen LogP contribution in [0.1, 0.15) is 58.5 Å². The van der Waals surface area contributed by atoms with Crippen molar-refractivity contribution in [2.45, 2.75) is 33.1 Å². The molecule has 4 heteroatoms. The SMILES string of the molecule is CCCCc1ccc(/C=C2\C(=O)c3ccccc3C(=O)[C@@H]2C(=O)OCC)cc1. The maximum absolute atomic E-state index is 13.1. The van der Waals surface area contributed by atoms with Crippen LogP contribution in [0.3, 0.4) is 0 Å². The number of fused-ring (bicyclic) bond motifs is 1. The average molecular weight is 376 g/mol. The van der Waals surface area contributed by atoms with E-state index in [1.807, 2.05) is 24.3 Å². The van der Waals surface area contributed by atoms with E-state index >= 15 is 0 Å². The van der Waals surface area contributed by atoms with Crippen molar-refractivity contribution in [3.63, 3.8) is 0 Å². The number of hydrogen-bond acceptors (Lipinski definition) is 4. The van der Waals surface area contributed by atoms with Crippen molar-refractivity contribution < 1.29 is 19.1 Å². The van der Waals surface area contributed by atoms with Gasteiger partial charge in [0, 0.05) is 16.7 Å². The van der Waals surface area contributed by atoms with Gasteiger partial charge < -0.3 is 4.74 Å². The van der Waals surface area contributed by atoms with Gasteiger partial charge in [0.1, 0.15) is 5.92 Å². The number of unbranched alkanes of at least 4 members (excludes halogenated alkanes) is 1. The zero-order valence-corrected chi connectivity index (χ0v) is 16.2. The fourth-order valence-corrected chi connectivity index (χ4v) is 3.43. The summed E-state index contributed by atoms with van der Waals surface area (Å²) in [5.74, 6) is -2.59. The predicted molar refractivity (Wildman–Crippen MR) is 108 cm³/mol. The molecule has 3 rings (SSSR count). The monoisotopic (exact) mass is 376 g/mol. The number of ketones is 2. The number of rotatable bonds is 6. The van der Waals surface area contributed by atoms with E-state index in [1.165, 1.54) is 5.56 Å². The summed E-state index contributed by atoms with van der Waals surface area (Å²) in [4.78, 5) is 38.5. The largest absolute Gasteiger partial charge is 0.465 e. The molecule has 1 aliphatic carbocycles. The van der Waals surface area contributed by atoms with E-state index in [2.05, 4.69) is 6.92 Å². The van der Waals surface area contributed by atoms with Crippen molar-refractivity contribution in [3.05, 3.63) is 76.4 Å². The molecule has 0 N–H and O–H groups in total. The van der Waals surface area contributed by atoms with Crippen LogP contribution in [0.15, 0.2) is 54.1 Å². The summed E-state index contributed by atoms with van der Waals surface area (Å²) in [6, 6.07) is 14.5. The Morgan fingerprint density at radius 1 is 1.00 bits per heavy atom. The van der Waals surface area contributed by atoms with Gasteiger partial charge in [-0.3, -0.25) is 14.4 Å². The highest BCUT2D eigenvalue weighted by Gasteiger charge is 2.42. The van der Waals surface area contributed by atoms with Crippen molar-refractivity contribution in [3.8, 4) is 0 Å². The topological polar surface area (TPSA) is 60.4 Å². The number of ether oxygens (including phenoxy) is 1. The zero-order valence-electron chi connectivity index (χ0n) is 16.2. The number of Topliss-reactive ketones (excluding diaryl/α,β-unsaturated/α-hetero) is 2. The first-order valence-corrected chi connectivity index (χ1v) is 9.72. The minimum atomic E-state index is -1.22. The summed E-state index contributed by atoms with van der Waals surface area (Å²) in [6.07, 6.45) is 4.89. The lowest BCUT2D eigenvalue weighted by molar-refractivity contribution is -0.144. The third kappa shape index (κ3) is 3.96. The van der Waals surface area contributed by atoms with E-state index in [0.717, 1.165) is 24.8 Å². The van der Waals surface area contributed by atoms with Crippen LogP contribution in [0.2, 0.25) is 0 Å². The molecule has 0 saturated heterocycles. The summed E-state index contributed by atoms with van der Waals surface area (Å²) in [5.41, 5.74) is 2.78. The van der Waals surface area contributed by atoms with Gasteiger partial charge in [0.2, 0.25) is 0 Å². The highest BCUT2D eigenvalue weighted by Crippen LogP contribution is 2.32. The number of carbonyl (C=O) groups excluding carboxylic acids is 3. The lowest BCUT2D eigenvalue weighted by Gasteiger charge is -2.24. The first-order chi connectivity index (χ1) is 13.6. The molecular weight excluding hydrogens is 352 g/mol. The molecule has 2 aromatic rings. The van der Waals surface area contributed by atoms with Crippen LogP contribution in [-0.4, -0.2) is 24.1 Å². The first kappa shape index (κ1) is 19.7. The molecule has 0 bridgehead atoms. The quantitative estimate of drug-likeness (QED) is 0.417.